The van der Waals surface area contributed by atoms with E-state index in [1.807, 2.05) is 0 Å². The van der Waals surface area contributed by atoms with Crippen LogP contribution < -0.4 is 5.73 Å². The largest absolute Gasteiger partial charge is 0.330 e. The Labute approximate surface area is 94.2 Å². The maximum absolute atomic E-state index is 5.81. The molecule has 88 valence electrons. The smallest absolute Gasteiger partial charge is 0.0101 e. The van der Waals surface area contributed by atoms with Gasteiger partial charge in [0.05, 0.1) is 0 Å². The summed E-state index contributed by atoms with van der Waals surface area (Å²) in [7, 11) is 0. The van der Waals surface area contributed by atoms with Crippen LogP contribution in [0.15, 0.2) is 0 Å². The quantitative estimate of drug-likeness (QED) is 0.775. The van der Waals surface area contributed by atoms with Gasteiger partial charge in [-0.25, -0.2) is 0 Å². The van der Waals surface area contributed by atoms with Gasteiger partial charge in [-0.3, -0.25) is 4.90 Å². The predicted molar refractivity (Wildman–Crippen MR) is 64.8 cm³/mol. The minimum atomic E-state index is 0.807. The lowest BCUT2D eigenvalue weighted by Gasteiger charge is -2.38. The van der Waals surface area contributed by atoms with Gasteiger partial charge in [0.1, 0.15) is 0 Å². The molecule has 15 heavy (non-hydrogen) atoms. The first-order valence-electron chi connectivity index (χ1n) is 6.81. The summed E-state index contributed by atoms with van der Waals surface area (Å²) in [5.41, 5.74) is 5.81. The van der Waals surface area contributed by atoms with Crippen molar-refractivity contribution in [3.8, 4) is 0 Å². The summed E-state index contributed by atoms with van der Waals surface area (Å²) in [5, 5.41) is 0. The second kappa shape index (κ2) is 5.31. The molecule has 3 atom stereocenters. The second-order valence-corrected chi connectivity index (χ2v) is 5.36. The molecule has 0 spiro atoms. The highest BCUT2D eigenvalue weighted by Gasteiger charge is 2.32. The minimum Gasteiger partial charge on any atom is -0.330 e. The lowest BCUT2D eigenvalue weighted by molar-refractivity contribution is 0.117. The number of nitrogens with zero attached hydrogens (tertiary/aromatic N) is 1. The Bertz CT molecular complexity index is 193. The maximum Gasteiger partial charge on any atom is 0.0101 e. The van der Waals surface area contributed by atoms with E-state index in [0.717, 1.165) is 24.5 Å². The molecule has 0 amide bonds. The number of rotatable bonds is 3. The van der Waals surface area contributed by atoms with Gasteiger partial charge in [0, 0.05) is 12.1 Å². The molecule has 0 aromatic rings. The first-order chi connectivity index (χ1) is 7.35. The third-order valence-corrected chi connectivity index (χ3v) is 4.45. The zero-order valence-electron chi connectivity index (χ0n) is 10.1. The van der Waals surface area contributed by atoms with Gasteiger partial charge in [-0.1, -0.05) is 13.3 Å². The molecule has 0 aromatic carbocycles. The number of likely N-dealkylation sites (tertiary alicyclic amines) is 1. The van der Waals surface area contributed by atoms with Gasteiger partial charge in [-0.15, -0.1) is 0 Å². The Hall–Kier alpha value is -0.0800. The Balaban J connectivity index is 1.91. The Morgan fingerprint density at radius 1 is 1.20 bits per heavy atom. The maximum atomic E-state index is 5.81. The van der Waals surface area contributed by atoms with Crippen molar-refractivity contribution in [2.45, 2.75) is 64.0 Å². The summed E-state index contributed by atoms with van der Waals surface area (Å²) in [6, 6.07) is 1.74. The molecule has 1 saturated heterocycles. The average Bonchev–Trinajstić information content (AvgIpc) is 2.77. The number of hydrogen-bond acceptors (Lipinski definition) is 2. The summed E-state index contributed by atoms with van der Waals surface area (Å²) < 4.78 is 0. The summed E-state index contributed by atoms with van der Waals surface area (Å²) in [5.74, 6) is 0.807. The molecule has 2 N–H and O–H groups in total. The fraction of sp³-hybridized carbons (Fsp3) is 1.00. The Kier molecular flexibility index (Phi) is 4.04. The van der Waals surface area contributed by atoms with Crippen LogP contribution in [0.1, 0.15) is 51.9 Å². The van der Waals surface area contributed by atoms with E-state index in [9.17, 15) is 0 Å². The van der Waals surface area contributed by atoms with Gasteiger partial charge >= 0.3 is 0 Å². The van der Waals surface area contributed by atoms with E-state index in [4.69, 9.17) is 5.73 Å². The zero-order chi connectivity index (χ0) is 10.7. The van der Waals surface area contributed by atoms with Crippen LogP contribution in [-0.4, -0.2) is 30.1 Å². The molecular weight excluding hydrogens is 184 g/mol. The van der Waals surface area contributed by atoms with Crippen LogP contribution in [0.3, 0.4) is 0 Å². The van der Waals surface area contributed by atoms with Crippen molar-refractivity contribution in [2.24, 2.45) is 11.7 Å². The lowest BCUT2D eigenvalue weighted by Crippen LogP contribution is -2.42. The molecule has 1 saturated carbocycles. The molecular formula is C13H26N2. The number of hydrogen-bond donors (Lipinski definition) is 1. The number of nitrogens with two attached hydrogens (primary N) is 1. The van der Waals surface area contributed by atoms with Crippen molar-refractivity contribution in [3.05, 3.63) is 0 Å². The first kappa shape index (κ1) is 11.4. The highest BCUT2D eigenvalue weighted by molar-refractivity contribution is 4.87. The zero-order valence-corrected chi connectivity index (χ0v) is 10.1. The molecule has 1 aliphatic carbocycles. The Morgan fingerprint density at radius 2 is 2.07 bits per heavy atom. The van der Waals surface area contributed by atoms with Crippen molar-refractivity contribution in [3.63, 3.8) is 0 Å². The van der Waals surface area contributed by atoms with Crippen LogP contribution >= 0.6 is 0 Å². The minimum absolute atomic E-state index is 0.807. The van der Waals surface area contributed by atoms with Crippen LogP contribution in [-0.2, 0) is 0 Å². The molecule has 1 heterocycles. The molecule has 1 aliphatic heterocycles. The topological polar surface area (TPSA) is 29.3 Å². The van der Waals surface area contributed by atoms with Crippen LogP contribution in [0.25, 0.3) is 0 Å². The third kappa shape index (κ3) is 2.54. The standard InChI is InChI=1S/C13H26N2/c1-2-12-7-4-8-15(12)13-6-3-5-11(9-13)10-14/h11-13H,2-10,14H2,1H3. The van der Waals surface area contributed by atoms with E-state index < -0.39 is 0 Å². The SMILES string of the molecule is CCC1CCCN1C1CCCC(CN)C1. The molecule has 3 unspecified atom stereocenters. The normalized spacial score (nSPS) is 38.4. The molecule has 2 aliphatic rings. The molecule has 2 heteroatoms. The molecule has 0 aromatic heterocycles. The van der Waals surface area contributed by atoms with Gasteiger partial charge in [0.25, 0.3) is 0 Å². The fourth-order valence-electron chi connectivity index (χ4n) is 3.56. The average molecular weight is 210 g/mol. The van der Waals surface area contributed by atoms with Crippen molar-refractivity contribution >= 4 is 0 Å². The van der Waals surface area contributed by atoms with Crippen LogP contribution in [0.4, 0.5) is 0 Å². The van der Waals surface area contributed by atoms with Crippen LogP contribution in [0, 0.1) is 5.92 Å². The molecule has 0 radical (unpaired) electrons. The van der Waals surface area contributed by atoms with Crippen molar-refractivity contribution in [2.75, 3.05) is 13.1 Å². The van der Waals surface area contributed by atoms with Gasteiger partial charge in [-0.2, -0.15) is 0 Å². The summed E-state index contributed by atoms with van der Waals surface area (Å²) in [6.07, 6.45) is 9.75. The fourth-order valence-corrected chi connectivity index (χ4v) is 3.56. The van der Waals surface area contributed by atoms with Gasteiger partial charge in [-0.05, 0) is 57.5 Å². The first-order valence-corrected chi connectivity index (χ1v) is 6.81. The molecule has 2 nitrogen and oxygen atoms in total. The summed E-state index contributed by atoms with van der Waals surface area (Å²) in [4.78, 5) is 2.79. The van der Waals surface area contributed by atoms with E-state index in [0.29, 0.717) is 0 Å². The lowest BCUT2D eigenvalue weighted by atomic mass is 9.84. The van der Waals surface area contributed by atoms with E-state index in [1.165, 1.54) is 51.5 Å². The molecule has 0 bridgehead atoms. The second-order valence-electron chi connectivity index (χ2n) is 5.36. The molecule has 2 rings (SSSR count). The van der Waals surface area contributed by atoms with Crippen molar-refractivity contribution in [1.29, 1.82) is 0 Å². The predicted octanol–water partition coefficient (Wildman–Crippen LogP) is 2.38. The van der Waals surface area contributed by atoms with E-state index in [1.54, 1.807) is 0 Å². The van der Waals surface area contributed by atoms with E-state index >= 15 is 0 Å². The van der Waals surface area contributed by atoms with Gasteiger partial charge < -0.3 is 5.73 Å². The van der Waals surface area contributed by atoms with Crippen molar-refractivity contribution in [1.82, 2.24) is 4.90 Å². The summed E-state index contributed by atoms with van der Waals surface area (Å²) >= 11 is 0. The van der Waals surface area contributed by atoms with Crippen molar-refractivity contribution < 1.29 is 0 Å². The van der Waals surface area contributed by atoms with Gasteiger partial charge in [0.2, 0.25) is 0 Å². The highest BCUT2D eigenvalue weighted by atomic mass is 15.2. The molecule has 2 fully saturated rings. The van der Waals surface area contributed by atoms with Gasteiger partial charge in [0.15, 0.2) is 0 Å². The van der Waals surface area contributed by atoms with Crippen LogP contribution in [0.5, 0.6) is 0 Å². The third-order valence-electron chi connectivity index (χ3n) is 4.45. The monoisotopic (exact) mass is 210 g/mol. The Morgan fingerprint density at radius 3 is 2.80 bits per heavy atom. The van der Waals surface area contributed by atoms with E-state index in [-0.39, 0.29) is 0 Å². The van der Waals surface area contributed by atoms with E-state index in [2.05, 4.69) is 11.8 Å². The highest BCUT2D eigenvalue weighted by Crippen LogP contribution is 2.32. The summed E-state index contributed by atoms with van der Waals surface area (Å²) in [6.45, 7) is 4.59. The van der Waals surface area contributed by atoms with Crippen LogP contribution in [0.2, 0.25) is 0 Å².